The van der Waals surface area contributed by atoms with Crippen LogP contribution in [0, 0.1) is 0 Å². The van der Waals surface area contributed by atoms with Crippen molar-refractivity contribution in [3.05, 3.63) is 94.8 Å². The van der Waals surface area contributed by atoms with Gasteiger partial charge in [0, 0.05) is 36.2 Å². The molecule has 0 fully saturated rings. The summed E-state index contributed by atoms with van der Waals surface area (Å²) in [5.41, 5.74) is 4.39. The molecule has 0 spiro atoms. The van der Waals surface area contributed by atoms with E-state index in [2.05, 4.69) is 34.1 Å². The Balaban J connectivity index is 1.42. The number of anilines is 1. The third kappa shape index (κ3) is 5.32. The molecular formula is C24H23N5OS. The Morgan fingerprint density at radius 3 is 2.68 bits per heavy atom. The molecule has 6 nitrogen and oxygen atoms in total. The van der Waals surface area contributed by atoms with Gasteiger partial charge in [-0.1, -0.05) is 19.9 Å². The SMILES string of the molecule is CC(C)c1cccc(/C=C/c2csc(NC(=O)c3cccn3Cc3ccncc3)n2)n1. The second-order valence-corrected chi connectivity index (χ2v) is 8.24. The van der Waals surface area contributed by atoms with E-state index < -0.39 is 0 Å². The van der Waals surface area contributed by atoms with E-state index in [0.29, 0.717) is 23.3 Å². The highest BCUT2D eigenvalue weighted by molar-refractivity contribution is 7.14. The molecule has 0 aliphatic heterocycles. The summed E-state index contributed by atoms with van der Waals surface area (Å²) in [4.78, 5) is 25.9. The number of hydrogen-bond donors (Lipinski definition) is 1. The quantitative estimate of drug-likeness (QED) is 0.431. The van der Waals surface area contributed by atoms with E-state index in [4.69, 9.17) is 0 Å². The molecule has 4 rings (SSSR count). The van der Waals surface area contributed by atoms with Gasteiger partial charge in [0.05, 0.1) is 11.4 Å². The van der Waals surface area contributed by atoms with Gasteiger partial charge >= 0.3 is 0 Å². The summed E-state index contributed by atoms with van der Waals surface area (Å²) in [7, 11) is 0. The van der Waals surface area contributed by atoms with Crippen molar-refractivity contribution in [3.63, 3.8) is 0 Å². The average Bonchev–Trinajstić information content (AvgIpc) is 3.42. The number of thiazole rings is 1. The lowest BCUT2D eigenvalue weighted by Gasteiger charge is -2.08. The summed E-state index contributed by atoms with van der Waals surface area (Å²) < 4.78 is 1.91. The Labute approximate surface area is 185 Å². The van der Waals surface area contributed by atoms with Crippen molar-refractivity contribution in [2.75, 3.05) is 5.32 Å². The molecule has 0 unspecified atom stereocenters. The number of nitrogens with one attached hydrogen (secondary N) is 1. The predicted octanol–water partition coefficient (Wildman–Crippen LogP) is 5.33. The molecule has 31 heavy (non-hydrogen) atoms. The summed E-state index contributed by atoms with van der Waals surface area (Å²) in [5.74, 6) is 0.196. The fraction of sp³-hybridized carbons (Fsp3) is 0.167. The highest BCUT2D eigenvalue weighted by atomic mass is 32.1. The molecule has 0 aliphatic rings. The fourth-order valence-electron chi connectivity index (χ4n) is 3.08. The molecule has 0 aromatic carbocycles. The maximum absolute atomic E-state index is 12.8. The van der Waals surface area contributed by atoms with Crippen LogP contribution in [0.3, 0.4) is 0 Å². The first-order valence-corrected chi connectivity index (χ1v) is 10.9. The van der Waals surface area contributed by atoms with Crippen LogP contribution in [0.5, 0.6) is 0 Å². The molecule has 1 amide bonds. The first-order valence-electron chi connectivity index (χ1n) is 10.0. The fourth-order valence-corrected chi connectivity index (χ4v) is 3.75. The van der Waals surface area contributed by atoms with Crippen LogP contribution in [-0.2, 0) is 6.54 Å². The monoisotopic (exact) mass is 429 g/mol. The molecule has 0 bridgehead atoms. The Hall–Kier alpha value is -3.58. The molecule has 4 aromatic heterocycles. The van der Waals surface area contributed by atoms with Crippen molar-refractivity contribution >= 4 is 34.5 Å². The number of rotatable bonds is 7. The second-order valence-electron chi connectivity index (χ2n) is 7.38. The van der Waals surface area contributed by atoms with Crippen LogP contribution in [-0.4, -0.2) is 25.4 Å². The Kier molecular flexibility index (Phi) is 6.33. The van der Waals surface area contributed by atoms with E-state index in [1.54, 1.807) is 18.5 Å². The van der Waals surface area contributed by atoms with Crippen LogP contribution in [0.2, 0.25) is 0 Å². The summed E-state index contributed by atoms with van der Waals surface area (Å²) in [5, 5.41) is 5.37. The minimum Gasteiger partial charge on any atom is -0.339 e. The summed E-state index contributed by atoms with van der Waals surface area (Å²) in [6, 6.07) is 13.6. The number of aromatic nitrogens is 4. The van der Waals surface area contributed by atoms with Crippen molar-refractivity contribution in [2.24, 2.45) is 0 Å². The van der Waals surface area contributed by atoms with E-state index in [1.807, 2.05) is 64.7 Å². The topological polar surface area (TPSA) is 72.7 Å². The molecule has 0 aliphatic carbocycles. The number of carbonyl (C=O) groups is 1. The minimum atomic E-state index is -0.185. The van der Waals surface area contributed by atoms with Gasteiger partial charge in [-0.05, 0) is 60.0 Å². The lowest BCUT2D eigenvalue weighted by molar-refractivity contribution is 0.101. The van der Waals surface area contributed by atoms with Gasteiger partial charge in [-0.25, -0.2) is 4.98 Å². The van der Waals surface area contributed by atoms with Gasteiger partial charge in [0.2, 0.25) is 0 Å². The van der Waals surface area contributed by atoms with Crippen LogP contribution in [0.25, 0.3) is 12.2 Å². The van der Waals surface area contributed by atoms with Crippen molar-refractivity contribution in [1.29, 1.82) is 0 Å². The van der Waals surface area contributed by atoms with Crippen molar-refractivity contribution in [1.82, 2.24) is 19.5 Å². The first kappa shape index (κ1) is 20.7. The number of nitrogens with zero attached hydrogens (tertiary/aromatic N) is 4. The smallest absolute Gasteiger partial charge is 0.274 e. The number of hydrogen-bond acceptors (Lipinski definition) is 5. The highest BCUT2D eigenvalue weighted by Crippen LogP contribution is 2.19. The zero-order chi connectivity index (χ0) is 21.6. The zero-order valence-corrected chi connectivity index (χ0v) is 18.2. The Bertz CT molecular complexity index is 1190. The van der Waals surface area contributed by atoms with E-state index >= 15 is 0 Å². The molecular weight excluding hydrogens is 406 g/mol. The van der Waals surface area contributed by atoms with Crippen molar-refractivity contribution in [2.45, 2.75) is 26.3 Å². The van der Waals surface area contributed by atoms with Gasteiger partial charge in [-0.2, -0.15) is 0 Å². The molecule has 0 atom stereocenters. The lowest BCUT2D eigenvalue weighted by atomic mass is 10.1. The van der Waals surface area contributed by atoms with Crippen molar-refractivity contribution < 1.29 is 4.79 Å². The maximum Gasteiger partial charge on any atom is 0.274 e. The molecule has 0 saturated carbocycles. The molecule has 156 valence electrons. The van der Waals surface area contributed by atoms with Crippen LogP contribution in [0.4, 0.5) is 5.13 Å². The van der Waals surface area contributed by atoms with Crippen LogP contribution in [0.1, 0.15) is 52.9 Å². The minimum absolute atomic E-state index is 0.185. The molecule has 4 heterocycles. The van der Waals surface area contributed by atoms with Gasteiger partial charge in [-0.3, -0.25) is 20.1 Å². The molecule has 0 saturated heterocycles. The number of amides is 1. The summed E-state index contributed by atoms with van der Waals surface area (Å²) >= 11 is 1.40. The third-order valence-electron chi connectivity index (χ3n) is 4.72. The normalized spacial score (nSPS) is 11.3. The van der Waals surface area contributed by atoms with Crippen LogP contribution >= 0.6 is 11.3 Å². The number of pyridine rings is 2. The number of carbonyl (C=O) groups excluding carboxylic acids is 1. The second kappa shape index (κ2) is 9.49. The van der Waals surface area contributed by atoms with Crippen LogP contribution < -0.4 is 5.32 Å². The standard InChI is InChI=1S/C24H23N5OS/c1-17(2)21-6-3-5-19(26-21)8-9-20-16-31-24(27-20)28-23(30)22-7-4-14-29(22)15-18-10-12-25-13-11-18/h3-14,16-17H,15H2,1-2H3,(H,27,28,30)/b9-8+. The van der Waals surface area contributed by atoms with E-state index in [0.717, 1.165) is 22.6 Å². The third-order valence-corrected chi connectivity index (χ3v) is 5.49. The largest absolute Gasteiger partial charge is 0.339 e. The van der Waals surface area contributed by atoms with Crippen molar-refractivity contribution in [3.8, 4) is 0 Å². The molecule has 4 aromatic rings. The lowest BCUT2D eigenvalue weighted by Crippen LogP contribution is -2.17. The van der Waals surface area contributed by atoms with Gasteiger partial charge in [0.1, 0.15) is 5.69 Å². The summed E-state index contributed by atoms with van der Waals surface area (Å²) in [6.07, 6.45) is 9.23. The van der Waals surface area contributed by atoms with Gasteiger partial charge in [0.25, 0.3) is 5.91 Å². The highest BCUT2D eigenvalue weighted by Gasteiger charge is 2.13. The van der Waals surface area contributed by atoms with E-state index in [9.17, 15) is 4.79 Å². The molecule has 7 heteroatoms. The predicted molar refractivity (Wildman–Crippen MR) is 125 cm³/mol. The summed E-state index contributed by atoms with van der Waals surface area (Å²) in [6.45, 7) is 4.85. The van der Waals surface area contributed by atoms with Crippen LogP contribution in [0.15, 0.2) is 66.4 Å². The zero-order valence-electron chi connectivity index (χ0n) is 17.4. The van der Waals surface area contributed by atoms with Gasteiger partial charge in [0.15, 0.2) is 5.13 Å². The maximum atomic E-state index is 12.8. The van der Waals surface area contributed by atoms with E-state index in [-0.39, 0.29) is 5.91 Å². The average molecular weight is 430 g/mol. The van der Waals surface area contributed by atoms with E-state index in [1.165, 1.54) is 11.3 Å². The Morgan fingerprint density at radius 1 is 1.06 bits per heavy atom. The Morgan fingerprint density at radius 2 is 1.87 bits per heavy atom. The molecule has 1 N–H and O–H groups in total. The van der Waals surface area contributed by atoms with Gasteiger partial charge < -0.3 is 4.57 Å². The molecule has 0 radical (unpaired) electrons. The first-order chi connectivity index (χ1) is 15.1. The van der Waals surface area contributed by atoms with Gasteiger partial charge in [-0.15, -0.1) is 11.3 Å².